The van der Waals surface area contributed by atoms with Gasteiger partial charge >= 0.3 is 0 Å². The third kappa shape index (κ3) is 4.78. The average molecular weight is 428 g/mol. The van der Waals surface area contributed by atoms with E-state index in [0.717, 1.165) is 23.0 Å². The third-order valence-electron chi connectivity index (χ3n) is 4.15. The molecule has 6 nitrogen and oxygen atoms in total. The maximum absolute atomic E-state index is 12.8. The number of anilines is 1. The molecule has 1 heterocycles. The second kappa shape index (κ2) is 8.67. The molecule has 0 saturated carbocycles. The van der Waals surface area contributed by atoms with Crippen molar-refractivity contribution in [3.63, 3.8) is 0 Å². The molecule has 1 fully saturated rings. The molecule has 0 unspecified atom stereocenters. The van der Waals surface area contributed by atoms with Gasteiger partial charge in [0, 0.05) is 26.3 Å². The van der Waals surface area contributed by atoms with Crippen LogP contribution in [0.15, 0.2) is 81.5 Å². The number of amidine groups is 1. The first-order valence-corrected chi connectivity index (χ1v) is 11.1. The van der Waals surface area contributed by atoms with Crippen LogP contribution in [0, 0.1) is 0 Å². The Balaban J connectivity index is 1.95. The molecular formula is C21H21N3O3S2. The van der Waals surface area contributed by atoms with E-state index < -0.39 is 10.0 Å². The molecule has 1 amide bonds. The number of thioether (sulfide) groups is 1. The smallest absolute Gasteiger partial charge is 0.284 e. The summed E-state index contributed by atoms with van der Waals surface area (Å²) in [6.45, 7) is 3.82. The number of amides is 1. The quantitative estimate of drug-likeness (QED) is 0.520. The Morgan fingerprint density at radius 1 is 1.10 bits per heavy atom. The van der Waals surface area contributed by atoms with Gasteiger partial charge in [0.2, 0.25) is 0 Å². The molecule has 29 heavy (non-hydrogen) atoms. The van der Waals surface area contributed by atoms with Gasteiger partial charge in [0.05, 0.1) is 9.80 Å². The van der Waals surface area contributed by atoms with Crippen LogP contribution in [-0.4, -0.2) is 45.0 Å². The molecule has 2 aromatic carbocycles. The minimum atomic E-state index is -3.92. The average Bonchev–Trinajstić information content (AvgIpc) is 2.97. The fourth-order valence-electron chi connectivity index (χ4n) is 2.63. The van der Waals surface area contributed by atoms with Crippen LogP contribution in [0.1, 0.15) is 5.56 Å². The van der Waals surface area contributed by atoms with Gasteiger partial charge in [0.25, 0.3) is 15.9 Å². The first-order chi connectivity index (χ1) is 13.8. The molecule has 150 valence electrons. The maximum Gasteiger partial charge on any atom is 0.284 e. The lowest BCUT2D eigenvalue weighted by Crippen LogP contribution is -2.29. The summed E-state index contributed by atoms with van der Waals surface area (Å²) in [6.07, 6.45) is 3.28. The van der Waals surface area contributed by atoms with Gasteiger partial charge in [0.15, 0.2) is 5.17 Å². The Hall–Kier alpha value is -2.84. The van der Waals surface area contributed by atoms with Crippen molar-refractivity contribution >= 4 is 44.6 Å². The van der Waals surface area contributed by atoms with Crippen molar-refractivity contribution in [1.82, 2.24) is 4.90 Å². The van der Waals surface area contributed by atoms with Gasteiger partial charge in [-0.15, -0.1) is 11.0 Å². The van der Waals surface area contributed by atoms with Crippen molar-refractivity contribution in [3.8, 4) is 0 Å². The molecule has 1 aliphatic rings. The zero-order chi connectivity index (χ0) is 21.0. The topological polar surface area (TPSA) is 70.1 Å². The lowest BCUT2D eigenvalue weighted by atomic mass is 10.2. The minimum absolute atomic E-state index is 0.0794. The lowest BCUT2D eigenvalue weighted by molar-refractivity contribution is -0.121. The van der Waals surface area contributed by atoms with Crippen LogP contribution >= 0.6 is 11.8 Å². The molecule has 0 radical (unpaired) electrons. The molecule has 0 N–H and O–H groups in total. The SMILES string of the molecule is C=CCN1C(=O)/C(=C/c2ccc(N(C)C)cc2)S/C1=N/S(=O)(=O)c1ccccc1. The van der Waals surface area contributed by atoms with E-state index in [-0.39, 0.29) is 22.5 Å². The van der Waals surface area contributed by atoms with E-state index in [1.807, 2.05) is 43.3 Å². The molecule has 0 bridgehead atoms. The number of hydrogen-bond donors (Lipinski definition) is 0. The Bertz CT molecular complexity index is 1070. The molecule has 1 aliphatic heterocycles. The minimum Gasteiger partial charge on any atom is -0.378 e. The number of carbonyl (C=O) groups is 1. The van der Waals surface area contributed by atoms with Crippen LogP contribution < -0.4 is 4.90 Å². The third-order valence-corrected chi connectivity index (χ3v) is 6.55. The second-order valence-electron chi connectivity index (χ2n) is 6.46. The van der Waals surface area contributed by atoms with Gasteiger partial charge in [-0.2, -0.15) is 8.42 Å². The summed E-state index contributed by atoms with van der Waals surface area (Å²) in [6, 6.07) is 15.7. The van der Waals surface area contributed by atoms with Gasteiger partial charge < -0.3 is 4.90 Å². The lowest BCUT2D eigenvalue weighted by Gasteiger charge is -2.12. The van der Waals surface area contributed by atoms with E-state index >= 15 is 0 Å². The van der Waals surface area contributed by atoms with Crippen molar-refractivity contribution in [2.75, 3.05) is 25.5 Å². The number of rotatable bonds is 6. The summed E-state index contributed by atoms with van der Waals surface area (Å²) in [4.78, 5) is 16.6. The highest BCUT2D eigenvalue weighted by atomic mass is 32.2. The summed E-state index contributed by atoms with van der Waals surface area (Å²) in [5.41, 5.74) is 1.89. The van der Waals surface area contributed by atoms with Crippen LogP contribution in [0.5, 0.6) is 0 Å². The van der Waals surface area contributed by atoms with E-state index in [2.05, 4.69) is 11.0 Å². The summed E-state index contributed by atoms with van der Waals surface area (Å²) in [5.74, 6) is -0.298. The van der Waals surface area contributed by atoms with Crippen LogP contribution in [0.3, 0.4) is 0 Å². The largest absolute Gasteiger partial charge is 0.378 e. The summed E-state index contributed by atoms with van der Waals surface area (Å²) in [7, 11) is -0.0210. The number of hydrogen-bond acceptors (Lipinski definition) is 5. The monoisotopic (exact) mass is 427 g/mol. The van der Waals surface area contributed by atoms with E-state index in [1.165, 1.54) is 23.1 Å². The Labute approximate surface area is 175 Å². The van der Waals surface area contributed by atoms with Crippen LogP contribution in [0.2, 0.25) is 0 Å². The number of sulfonamides is 1. The predicted molar refractivity (Wildman–Crippen MR) is 119 cm³/mol. The van der Waals surface area contributed by atoms with Gasteiger partial charge in [0.1, 0.15) is 0 Å². The molecule has 3 rings (SSSR count). The first-order valence-electron chi connectivity index (χ1n) is 8.81. The number of benzene rings is 2. The highest BCUT2D eigenvalue weighted by molar-refractivity contribution is 8.19. The summed E-state index contributed by atoms with van der Waals surface area (Å²) >= 11 is 1.04. The van der Waals surface area contributed by atoms with Crippen LogP contribution in [0.25, 0.3) is 6.08 Å². The fraction of sp³-hybridized carbons (Fsp3) is 0.143. The molecule has 0 atom stereocenters. The number of nitrogens with zero attached hydrogens (tertiary/aromatic N) is 3. The molecule has 0 aromatic heterocycles. The number of carbonyl (C=O) groups excluding carboxylic acids is 1. The van der Waals surface area contributed by atoms with E-state index in [9.17, 15) is 13.2 Å². The summed E-state index contributed by atoms with van der Waals surface area (Å²) in [5, 5.41) is 0.120. The molecule has 1 saturated heterocycles. The van der Waals surface area contributed by atoms with Crippen molar-refractivity contribution < 1.29 is 13.2 Å². The van der Waals surface area contributed by atoms with Crippen molar-refractivity contribution in [3.05, 3.63) is 77.7 Å². The Morgan fingerprint density at radius 2 is 1.76 bits per heavy atom. The van der Waals surface area contributed by atoms with Crippen molar-refractivity contribution in [2.24, 2.45) is 4.40 Å². The fourth-order valence-corrected chi connectivity index (χ4v) is 4.85. The normalized spacial score (nSPS) is 17.2. The Kier molecular flexibility index (Phi) is 6.24. The van der Waals surface area contributed by atoms with Gasteiger partial charge in [-0.25, -0.2) is 0 Å². The summed E-state index contributed by atoms with van der Waals surface area (Å²) < 4.78 is 29.2. The van der Waals surface area contributed by atoms with Gasteiger partial charge in [-0.1, -0.05) is 36.4 Å². The van der Waals surface area contributed by atoms with Crippen LogP contribution in [0.4, 0.5) is 5.69 Å². The second-order valence-corrected chi connectivity index (χ2v) is 9.08. The first kappa shape index (κ1) is 20.9. The van der Waals surface area contributed by atoms with E-state index in [0.29, 0.717) is 4.91 Å². The van der Waals surface area contributed by atoms with Crippen molar-refractivity contribution in [1.29, 1.82) is 0 Å². The maximum atomic E-state index is 12.8. The standard InChI is InChI=1S/C21H21N3O3S2/c1-4-14-24-20(25)19(15-16-10-12-17(13-11-16)23(2)3)28-21(24)22-29(26,27)18-8-6-5-7-9-18/h4-13,15H,1,14H2,2-3H3/b19-15-,22-21+. The zero-order valence-electron chi connectivity index (χ0n) is 16.1. The van der Waals surface area contributed by atoms with Gasteiger partial charge in [-0.3, -0.25) is 9.69 Å². The van der Waals surface area contributed by atoms with Gasteiger partial charge in [-0.05, 0) is 47.7 Å². The Morgan fingerprint density at radius 3 is 2.34 bits per heavy atom. The van der Waals surface area contributed by atoms with Crippen molar-refractivity contribution in [2.45, 2.75) is 4.90 Å². The van der Waals surface area contributed by atoms with Crippen LogP contribution in [-0.2, 0) is 14.8 Å². The molecular weight excluding hydrogens is 406 g/mol. The highest BCUT2D eigenvalue weighted by Gasteiger charge is 2.34. The van der Waals surface area contributed by atoms with E-state index in [1.54, 1.807) is 24.3 Å². The highest BCUT2D eigenvalue weighted by Crippen LogP contribution is 2.33. The molecule has 8 heteroatoms. The predicted octanol–water partition coefficient (Wildman–Crippen LogP) is 3.60. The molecule has 0 spiro atoms. The zero-order valence-corrected chi connectivity index (χ0v) is 17.8. The molecule has 2 aromatic rings. The van der Waals surface area contributed by atoms with E-state index in [4.69, 9.17) is 0 Å². The molecule has 0 aliphatic carbocycles.